The van der Waals surface area contributed by atoms with Gasteiger partial charge in [-0.05, 0) is 30.7 Å². The minimum absolute atomic E-state index is 0.440. The first-order valence-corrected chi connectivity index (χ1v) is 7.98. The molecular formula is C16H18ClN5O. The molecule has 0 aliphatic carbocycles. The maximum atomic E-state index is 5.89. The lowest BCUT2D eigenvalue weighted by Gasteiger charge is -2.00. The summed E-state index contributed by atoms with van der Waals surface area (Å²) in [5.74, 6) is 0.672. The molecule has 7 heteroatoms. The topological polar surface area (TPSA) is 68.8 Å². The van der Waals surface area contributed by atoms with E-state index in [0.717, 1.165) is 30.5 Å². The Morgan fingerprint density at radius 2 is 2.04 bits per heavy atom. The smallest absolute Gasteiger partial charge is 0.315 e. The minimum Gasteiger partial charge on any atom is -0.408 e. The monoisotopic (exact) mass is 331 g/mol. The number of rotatable bonds is 7. The van der Waals surface area contributed by atoms with Crippen LogP contribution in [0.5, 0.6) is 0 Å². The number of hydrogen-bond acceptors (Lipinski definition) is 5. The number of aryl methyl sites for hydroxylation is 1. The summed E-state index contributed by atoms with van der Waals surface area (Å²) in [6.07, 6.45) is 6.73. The first-order chi connectivity index (χ1) is 11.2. The maximum Gasteiger partial charge on any atom is 0.315 e. The average Bonchev–Trinajstić information content (AvgIpc) is 3.21. The number of unbranched alkanes of at least 4 members (excludes halogenated alkanes) is 1. The van der Waals surface area contributed by atoms with Crippen molar-refractivity contribution in [2.75, 3.05) is 5.32 Å². The second-order valence-electron chi connectivity index (χ2n) is 5.23. The van der Waals surface area contributed by atoms with Gasteiger partial charge in [-0.25, -0.2) is 4.68 Å². The Bertz CT molecular complexity index is 750. The lowest BCUT2D eigenvalue weighted by molar-refractivity contribution is 0.495. The Labute approximate surface area is 139 Å². The highest BCUT2D eigenvalue weighted by atomic mass is 35.5. The summed E-state index contributed by atoms with van der Waals surface area (Å²) < 4.78 is 7.34. The molecule has 6 nitrogen and oxygen atoms in total. The van der Waals surface area contributed by atoms with Gasteiger partial charge in [0.15, 0.2) is 0 Å². The SMILES string of the molecule is CCCCc1nnc(NCc2cnn(-c3ccc(Cl)cc3)c2)o1. The Balaban J connectivity index is 1.58. The number of nitrogens with one attached hydrogen (secondary N) is 1. The zero-order valence-electron chi connectivity index (χ0n) is 12.9. The fourth-order valence-corrected chi connectivity index (χ4v) is 2.24. The van der Waals surface area contributed by atoms with Crippen LogP contribution < -0.4 is 5.32 Å². The second kappa shape index (κ2) is 7.28. The van der Waals surface area contributed by atoms with E-state index in [-0.39, 0.29) is 0 Å². The van der Waals surface area contributed by atoms with Gasteiger partial charge in [-0.3, -0.25) is 0 Å². The van der Waals surface area contributed by atoms with Crippen molar-refractivity contribution in [3.05, 3.63) is 53.1 Å². The van der Waals surface area contributed by atoms with Crippen molar-refractivity contribution in [1.29, 1.82) is 0 Å². The van der Waals surface area contributed by atoms with Crippen LogP contribution in [-0.2, 0) is 13.0 Å². The summed E-state index contributed by atoms with van der Waals surface area (Å²) in [5, 5.41) is 16.2. The van der Waals surface area contributed by atoms with Crippen LogP contribution in [0.1, 0.15) is 31.2 Å². The normalized spacial score (nSPS) is 10.9. The Morgan fingerprint density at radius 1 is 1.22 bits per heavy atom. The van der Waals surface area contributed by atoms with Gasteiger partial charge >= 0.3 is 6.01 Å². The third kappa shape index (κ3) is 4.10. The molecule has 1 aromatic carbocycles. The van der Waals surface area contributed by atoms with Gasteiger partial charge in [0.2, 0.25) is 5.89 Å². The third-order valence-electron chi connectivity index (χ3n) is 3.38. The molecule has 1 N–H and O–H groups in total. The Morgan fingerprint density at radius 3 is 2.83 bits per heavy atom. The lowest BCUT2D eigenvalue weighted by Crippen LogP contribution is -1.98. The molecule has 0 spiro atoms. The van der Waals surface area contributed by atoms with Crippen molar-refractivity contribution in [3.63, 3.8) is 0 Å². The van der Waals surface area contributed by atoms with Crippen LogP contribution in [0.4, 0.5) is 6.01 Å². The zero-order valence-corrected chi connectivity index (χ0v) is 13.6. The van der Waals surface area contributed by atoms with Gasteiger partial charge in [-0.15, -0.1) is 5.10 Å². The highest BCUT2D eigenvalue weighted by molar-refractivity contribution is 6.30. The van der Waals surface area contributed by atoms with Crippen LogP contribution in [-0.4, -0.2) is 20.0 Å². The van der Waals surface area contributed by atoms with Crippen LogP contribution in [0.25, 0.3) is 5.69 Å². The van der Waals surface area contributed by atoms with Gasteiger partial charge in [-0.2, -0.15) is 5.10 Å². The van der Waals surface area contributed by atoms with Crippen LogP contribution in [0.3, 0.4) is 0 Å². The van der Waals surface area contributed by atoms with Crippen molar-refractivity contribution >= 4 is 17.6 Å². The van der Waals surface area contributed by atoms with E-state index in [1.165, 1.54) is 0 Å². The van der Waals surface area contributed by atoms with E-state index >= 15 is 0 Å². The highest BCUT2D eigenvalue weighted by Crippen LogP contribution is 2.14. The third-order valence-corrected chi connectivity index (χ3v) is 3.63. The molecule has 2 aromatic heterocycles. The summed E-state index contributed by atoms with van der Waals surface area (Å²) in [6.45, 7) is 2.71. The molecule has 23 heavy (non-hydrogen) atoms. The highest BCUT2D eigenvalue weighted by Gasteiger charge is 2.06. The van der Waals surface area contributed by atoms with Crippen molar-refractivity contribution < 1.29 is 4.42 Å². The fourth-order valence-electron chi connectivity index (χ4n) is 2.12. The summed E-state index contributed by atoms with van der Waals surface area (Å²) in [7, 11) is 0. The summed E-state index contributed by atoms with van der Waals surface area (Å²) in [4.78, 5) is 0. The van der Waals surface area contributed by atoms with Crippen molar-refractivity contribution in [2.24, 2.45) is 0 Å². The van der Waals surface area contributed by atoms with Crippen LogP contribution >= 0.6 is 11.6 Å². The molecule has 0 saturated carbocycles. The van der Waals surface area contributed by atoms with E-state index in [0.29, 0.717) is 23.5 Å². The summed E-state index contributed by atoms with van der Waals surface area (Å²) in [6, 6.07) is 7.96. The summed E-state index contributed by atoms with van der Waals surface area (Å²) >= 11 is 5.89. The molecule has 0 bridgehead atoms. The van der Waals surface area contributed by atoms with Gasteiger partial charge < -0.3 is 9.73 Å². The van der Waals surface area contributed by atoms with Gasteiger partial charge in [0.1, 0.15) is 0 Å². The zero-order chi connectivity index (χ0) is 16.1. The Kier molecular flexibility index (Phi) is 4.92. The molecule has 0 amide bonds. The van der Waals surface area contributed by atoms with E-state index in [1.54, 1.807) is 10.9 Å². The molecule has 0 aliphatic rings. The first kappa shape index (κ1) is 15.6. The van der Waals surface area contributed by atoms with E-state index in [9.17, 15) is 0 Å². The largest absolute Gasteiger partial charge is 0.408 e. The number of hydrogen-bond donors (Lipinski definition) is 1. The first-order valence-electron chi connectivity index (χ1n) is 7.60. The number of nitrogens with zero attached hydrogens (tertiary/aromatic N) is 4. The lowest BCUT2D eigenvalue weighted by atomic mass is 10.2. The molecule has 0 radical (unpaired) electrons. The fraction of sp³-hybridized carbons (Fsp3) is 0.312. The number of aromatic nitrogens is 4. The standard InChI is InChI=1S/C16H18ClN5O/c1-2-3-4-15-20-21-16(23-15)18-9-12-10-19-22(11-12)14-7-5-13(17)6-8-14/h5-8,10-11H,2-4,9H2,1H3,(H,18,21). The van der Waals surface area contributed by atoms with Crippen LogP contribution in [0.15, 0.2) is 41.1 Å². The van der Waals surface area contributed by atoms with Crippen molar-refractivity contribution in [3.8, 4) is 5.69 Å². The van der Waals surface area contributed by atoms with Gasteiger partial charge in [0.05, 0.1) is 11.9 Å². The molecule has 0 aliphatic heterocycles. The quantitative estimate of drug-likeness (QED) is 0.712. The number of anilines is 1. The molecule has 0 saturated heterocycles. The van der Waals surface area contributed by atoms with Gasteiger partial charge in [-0.1, -0.05) is 30.0 Å². The number of halogens is 1. The maximum absolute atomic E-state index is 5.89. The van der Waals surface area contributed by atoms with Crippen molar-refractivity contribution in [2.45, 2.75) is 32.7 Å². The average molecular weight is 332 g/mol. The Hall–Kier alpha value is -2.34. The van der Waals surface area contributed by atoms with Gasteiger partial charge in [0, 0.05) is 29.7 Å². The van der Waals surface area contributed by atoms with Gasteiger partial charge in [0.25, 0.3) is 0 Å². The molecule has 120 valence electrons. The molecular weight excluding hydrogens is 314 g/mol. The van der Waals surface area contributed by atoms with Crippen LogP contribution in [0, 0.1) is 0 Å². The van der Waals surface area contributed by atoms with E-state index in [1.807, 2.05) is 30.5 Å². The second-order valence-corrected chi connectivity index (χ2v) is 5.66. The summed E-state index contributed by atoms with van der Waals surface area (Å²) in [5.41, 5.74) is 1.98. The van der Waals surface area contributed by atoms with Crippen molar-refractivity contribution in [1.82, 2.24) is 20.0 Å². The van der Waals surface area contributed by atoms with E-state index < -0.39 is 0 Å². The molecule has 2 heterocycles. The molecule has 0 fully saturated rings. The van der Waals surface area contributed by atoms with E-state index in [2.05, 4.69) is 27.5 Å². The van der Waals surface area contributed by atoms with E-state index in [4.69, 9.17) is 16.0 Å². The molecule has 0 unspecified atom stereocenters. The molecule has 3 rings (SSSR count). The van der Waals surface area contributed by atoms with Crippen LogP contribution in [0.2, 0.25) is 5.02 Å². The predicted molar refractivity (Wildman–Crippen MR) is 88.8 cm³/mol. The number of benzene rings is 1. The predicted octanol–water partition coefficient (Wildman–Crippen LogP) is 3.86. The molecule has 0 atom stereocenters. The minimum atomic E-state index is 0.440. The molecule has 3 aromatic rings.